The fourth-order valence-electron chi connectivity index (χ4n) is 2.60. The molecule has 0 amide bonds. The van der Waals surface area contributed by atoms with Crippen molar-refractivity contribution in [2.24, 2.45) is 12.1 Å². The Kier molecular flexibility index (Phi) is 4.16. The number of benzene rings is 2. The van der Waals surface area contributed by atoms with E-state index >= 15 is 0 Å². The zero-order valence-corrected chi connectivity index (χ0v) is 13.4. The zero-order valence-electron chi connectivity index (χ0n) is 12.7. The zero-order chi connectivity index (χ0) is 15.5. The Balaban J connectivity index is 1.79. The maximum atomic E-state index is 6.13. The number of aromatic nitrogens is 1. The van der Waals surface area contributed by atoms with Crippen molar-refractivity contribution >= 4 is 28.7 Å². The second kappa shape index (κ2) is 6.24. The summed E-state index contributed by atoms with van der Waals surface area (Å²) >= 11 is 6.13. The molecule has 3 rings (SSSR count). The predicted molar refractivity (Wildman–Crippen MR) is 93.5 cm³/mol. The number of nitrogens with zero attached hydrogens (tertiary/aromatic N) is 2. The SMILES string of the molecule is Cc1c(/C=N\NCc2ccccc2Cl)c2ccccc2n1C. The Morgan fingerprint density at radius 1 is 1.14 bits per heavy atom. The number of hydrogen-bond acceptors (Lipinski definition) is 2. The fourth-order valence-corrected chi connectivity index (χ4v) is 2.80. The lowest BCUT2D eigenvalue weighted by atomic mass is 10.1. The van der Waals surface area contributed by atoms with Crippen molar-refractivity contribution in [3.05, 3.63) is 70.4 Å². The van der Waals surface area contributed by atoms with Crippen LogP contribution < -0.4 is 5.43 Å². The van der Waals surface area contributed by atoms with Gasteiger partial charge >= 0.3 is 0 Å². The number of fused-ring (bicyclic) bond motifs is 1. The summed E-state index contributed by atoms with van der Waals surface area (Å²) in [6.45, 7) is 2.72. The average molecular weight is 312 g/mol. The first-order valence-electron chi connectivity index (χ1n) is 7.22. The number of hydrogen-bond donors (Lipinski definition) is 1. The molecule has 0 fully saturated rings. The van der Waals surface area contributed by atoms with Gasteiger partial charge in [0, 0.05) is 34.2 Å². The van der Waals surface area contributed by atoms with E-state index in [0.717, 1.165) is 16.1 Å². The highest BCUT2D eigenvalue weighted by Gasteiger charge is 2.08. The van der Waals surface area contributed by atoms with Crippen LogP contribution in [0.2, 0.25) is 5.02 Å². The lowest BCUT2D eigenvalue weighted by molar-refractivity contribution is 0.748. The third-order valence-corrected chi connectivity index (χ3v) is 4.33. The van der Waals surface area contributed by atoms with Crippen LogP contribution in [0.25, 0.3) is 10.9 Å². The first-order valence-corrected chi connectivity index (χ1v) is 7.59. The molecule has 0 aliphatic rings. The quantitative estimate of drug-likeness (QED) is 0.566. The molecule has 0 saturated carbocycles. The van der Waals surface area contributed by atoms with Gasteiger partial charge in [0.15, 0.2) is 0 Å². The number of para-hydroxylation sites is 1. The Bertz CT molecular complexity index is 833. The summed E-state index contributed by atoms with van der Waals surface area (Å²) in [6, 6.07) is 16.1. The Morgan fingerprint density at radius 2 is 1.86 bits per heavy atom. The number of hydrazone groups is 1. The molecule has 1 aromatic heterocycles. The molecular weight excluding hydrogens is 294 g/mol. The Morgan fingerprint density at radius 3 is 2.68 bits per heavy atom. The summed E-state index contributed by atoms with van der Waals surface area (Å²) in [6.07, 6.45) is 1.88. The molecule has 0 radical (unpaired) electrons. The normalized spacial score (nSPS) is 11.4. The van der Waals surface area contributed by atoms with Gasteiger partial charge in [0.05, 0.1) is 12.8 Å². The molecule has 0 saturated heterocycles. The largest absolute Gasteiger partial charge is 0.347 e. The lowest BCUT2D eigenvalue weighted by Gasteiger charge is -2.03. The molecular formula is C18H18ClN3. The smallest absolute Gasteiger partial charge is 0.0594 e. The van der Waals surface area contributed by atoms with Gasteiger partial charge in [-0.15, -0.1) is 0 Å². The van der Waals surface area contributed by atoms with Gasteiger partial charge in [-0.3, -0.25) is 0 Å². The molecule has 4 heteroatoms. The van der Waals surface area contributed by atoms with E-state index in [1.165, 1.54) is 16.6 Å². The Labute approximate surface area is 135 Å². The molecule has 0 aliphatic carbocycles. The number of aryl methyl sites for hydroxylation is 1. The van der Waals surface area contributed by atoms with E-state index in [4.69, 9.17) is 11.6 Å². The van der Waals surface area contributed by atoms with Crippen molar-refractivity contribution in [1.82, 2.24) is 9.99 Å². The second-order valence-corrected chi connectivity index (χ2v) is 5.67. The number of nitrogens with one attached hydrogen (secondary N) is 1. The van der Waals surface area contributed by atoms with Crippen molar-refractivity contribution < 1.29 is 0 Å². The van der Waals surface area contributed by atoms with Gasteiger partial charge in [-0.2, -0.15) is 5.10 Å². The predicted octanol–water partition coefficient (Wildman–Crippen LogP) is 4.26. The number of rotatable bonds is 4. The first kappa shape index (κ1) is 14.7. The molecule has 0 bridgehead atoms. The molecule has 2 aromatic carbocycles. The monoisotopic (exact) mass is 311 g/mol. The van der Waals surface area contributed by atoms with Crippen LogP contribution in [0.5, 0.6) is 0 Å². The van der Waals surface area contributed by atoms with Gasteiger partial charge in [0.25, 0.3) is 0 Å². The van der Waals surface area contributed by atoms with E-state index in [-0.39, 0.29) is 0 Å². The molecule has 0 atom stereocenters. The van der Waals surface area contributed by atoms with Crippen molar-refractivity contribution in [2.45, 2.75) is 13.5 Å². The summed E-state index contributed by atoms with van der Waals surface area (Å²) in [5.41, 5.74) is 7.66. The van der Waals surface area contributed by atoms with Crippen LogP contribution in [0.3, 0.4) is 0 Å². The minimum Gasteiger partial charge on any atom is -0.347 e. The van der Waals surface area contributed by atoms with Crippen LogP contribution >= 0.6 is 11.6 Å². The van der Waals surface area contributed by atoms with Crippen LogP contribution in [0.15, 0.2) is 53.6 Å². The van der Waals surface area contributed by atoms with Crippen molar-refractivity contribution in [2.75, 3.05) is 0 Å². The highest BCUT2D eigenvalue weighted by molar-refractivity contribution is 6.31. The fraction of sp³-hybridized carbons (Fsp3) is 0.167. The van der Waals surface area contributed by atoms with Crippen molar-refractivity contribution in [1.29, 1.82) is 0 Å². The summed E-state index contributed by atoms with van der Waals surface area (Å²) in [4.78, 5) is 0. The Hall–Kier alpha value is -2.26. The van der Waals surface area contributed by atoms with E-state index in [1.807, 2.05) is 30.5 Å². The molecule has 3 aromatic rings. The molecule has 1 N–H and O–H groups in total. The van der Waals surface area contributed by atoms with E-state index in [9.17, 15) is 0 Å². The molecule has 22 heavy (non-hydrogen) atoms. The van der Waals surface area contributed by atoms with Crippen LogP contribution in [0, 0.1) is 6.92 Å². The van der Waals surface area contributed by atoms with Gasteiger partial charge < -0.3 is 9.99 Å². The molecule has 0 aliphatic heterocycles. The summed E-state index contributed by atoms with van der Waals surface area (Å²) in [5.74, 6) is 0. The third-order valence-electron chi connectivity index (χ3n) is 3.96. The maximum absolute atomic E-state index is 6.13. The van der Waals surface area contributed by atoms with Crippen molar-refractivity contribution in [3.8, 4) is 0 Å². The van der Waals surface area contributed by atoms with Crippen molar-refractivity contribution in [3.63, 3.8) is 0 Å². The van der Waals surface area contributed by atoms with Gasteiger partial charge in [-0.1, -0.05) is 48.0 Å². The van der Waals surface area contributed by atoms with Crippen LogP contribution in [-0.4, -0.2) is 10.8 Å². The third kappa shape index (κ3) is 2.72. The minimum atomic E-state index is 0.611. The average Bonchev–Trinajstić information content (AvgIpc) is 2.78. The first-order chi connectivity index (χ1) is 10.7. The summed E-state index contributed by atoms with van der Waals surface area (Å²) < 4.78 is 2.19. The maximum Gasteiger partial charge on any atom is 0.0594 e. The van der Waals surface area contributed by atoms with Crippen LogP contribution in [0.1, 0.15) is 16.8 Å². The molecule has 3 nitrogen and oxygen atoms in total. The van der Waals surface area contributed by atoms with E-state index in [0.29, 0.717) is 6.54 Å². The highest BCUT2D eigenvalue weighted by Crippen LogP contribution is 2.23. The van der Waals surface area contributed by atoms with Gasteiger partial charge in [-0.05, 0) is 24.6 Å². The number of halogens is 1. The lowest BCUT2D eigenvalue weighted by Crippen LogP contribution is -2.06. The molecule has 0 spiro atoms. The van der Waals surface area contributed by atoms with E-state index in [2.05, 4.69) is 53.3 Å². The summed E-state index contributed by atoms with van der Waals surface area (Å²) in [5, 5.41) is 6.33. The van der Waals surface area contributed by atoms with Gasteiger partial charge in [0.2, 0.25) is 0 Å². The molecule has 1 heterocycles. The topological polar surface area (TPSA) is 29.3 Å². The van der Waals surface area contributed by atoms with Crippen LogP contribution in [0.4, 0.5) is 0 Å². The van der Waals surface area contributed by atoms with Gasteiger partial charge in [0.1, 0.15) is 0 Å². The summed E-state index contributed by atoms with van der Waals surface area (Å²) in [7, 11) is 2.08. The highest BCUT2D eigenvalue weighted by atomic mass is 35.5. The van der Waals surface area contributed by atoms with Crippen LogP contribution in [-0.2, 0) is 13.6 Å². The van der Waals surface area contributed by atoms with E-state index in [1.54, 1.807) is 0 Å². The standard InChI is InChI=1S/C18H18ClN3/c1-13-16(15-8-4-6-10-18(15)22(13)2)12-21-20-11-14-7-3-5-9-17(14)19/h3-10,12,20H,11H2,1-2H3/b21-12-. The minimum absolute atomic E-state index is 0.611. The second-order valence-electron chi connectivity index (χ2n) is 5.26. The molecule has 0 unspecified atom stereocenters. The van der Waals surface area contributed by atoms with Gasteiger partial charge in [-0.25, -0.2) is 0 Å². The molecule has 112 valence electrons. The van der Waals surface area contributed by atoms with E-state index < -0.39 is 0 Å².